The fourth-order valence-corrected chi connectivity index (χ4v) is 5.34. The third-order valence-electron chi connectivity index (χ3n) is 7.32. The van der Waals surface area contributed by atoms with Crippen molar-refractivity contribution in [3.05, 3.63) is 59.7 Å². The van der Waals surface area contributed by atoms with E-state index in [4.69, 9.17) is 10.5 Å². The maximum Gasteiger partial charge on any atom is 0.332 e. The zero-order chi connectivity index (χ0) is 26.4. The number of hydrogen-bond acceptors (Lipinski definition) is 6. The Morgan fingerprint density at radius 1 is 1.05 bits per heavy atom. The molecule has 8 heteroatoms. The predicted molar refractivity (Wildman–Crippen MR) is 144 cm³/mol. The molecule has 1 fully saturated rings. The number of piperidine rings is 1. The van der Waals surface area contributed by atoms with Crippen LogP contribution < -0.4 is 15.4 Å². The van der Waals surface area contributed by atoms with Gasteiger partial charge in [-0.2, -0.15) is 0 Å². The first kappa shape index (κ1) is 26.7. The van der Waals surface area contributed by atoms with E-state index in [1.165, 1.54) is 26.2 Å². The van der Waals surface area contributed by atoms with Gasteiger partial charge in [0.25, 0.3) is 5.91 Å². The maximum atomic E-state index is 13.6. The number of benzene rings is 2. The van der Waals surface area contributed by atoms with Gasteiger partial charge in [0.1, 0.15) is 5.75 Å². The topological polar surface area (TPSA) is 97.5 Å². The highest BCUT2D eigenvalue weighted by molar-refractivity contribution is 6.01. The lowest BCUT2D eigenvalue weighted by atomic mass is 9.97. The van der Waals surface area contributed by atoms with Crippen molar-refractivity contribution in [2.24, 2.45) is 10.9 Å². The number of amides is 1. The van der Waals surface area contributed by atoms with Crippen molar-refractivity contribution < 1.29 is 19.2 Å². The molecule has 2 aliphatic rings. The molecule has 8 nitrogen and oxygen atoms in total. The van der Waals surface area contributed by atoms with Crippen LogP contribution in [0.5, 0.6) is 5.75 Å². The van der Waals surface area contributed by atoms with E-state index in [1.54, 1.807) is 18.2 Å². The predicted octanol–water partition coefficient (Wildman–Crippen LogP) is 4.77. The molecule has 1 amide bonds. The number of unbranched alkanes of at least 4 members (excludes halogenated alkanes) is 2. The quantitative estimate of drug-likeness (QED) is 0.173. The van der Waals surface area contributed by atoms with Crippen molar-refractivity contribution in [3.63, 3.8) is 0 Å². The first-order valence-electron chi connectivity index (χ1n) is 13.3. The number of carbonyl (C=O) groups excluding carboxylic acids is 2. The summed E-state index contributed by atoms with van der Waals surface area (Å²) in [6.07, 6.45) is 6.21. The van der Waals surface area contributed by atoms with Gasteiger partial charge in [-0.3, -0.25) is 9.69 Å². The molecule has 2 aliphatic heterocycles. The largest absolute Gasteiger partial charge is 0.474 e. The highest BCUT2D eigenvalue weighted by atomic mass is 16.7. The number of anilines is 1. The van der Waals surface area contributed by atoms with Crippen LogP contribution in [0.25, 0.3) is 0 Å². The third-order valence-corrected chi connectivity index (χ3v) is 7.32. The second-order valence-electron chi connectivity index (χ2n) is 10.1. The number of ether oxygens (including phenoxy) is 1. The Morgan fingerprint density at radius 2 is 1.78 bits per heavy atom. The van der Waals surface area contributed by atoms with Gasteiger partial charge in [-0.05, 0) is 64.3 Å². The Kier molecular flexibility index (Phi) is 8.82. The second kappa shape index (κ2) is 12.2. The van der Waals surface area contributed by atoms with Crippen LogP contribution in [-0.2, 0) is 14.4 Å². The van der Waals surface area contributed by atoms with Crippen LogP contribution in [-0.4, -0.2) is 47.8 Å². The molecule has 2 heterocycles. The summed E-state index contributed by atoms with van der Waals surface area (Å²) in [7, 11) is 0. The molecular weight excluding hydrogens is 468 g/mol. The van der Waals surface area contributed by atoms with E-state index in [9.17, 15) is 9.59 Å². The Hall–Kier alpha value is -3.39. The molecule has 0 spiro atoms. The van der Waals surface area contributed by atoms with E-state index >= 15 is 0 Å². The van der Waals surface area contributed by atoms with Gasteiger partial charge in [0.05, 0.1) is 5.69 Å². The smallest absolute Gasteiger partial charge is 0.332 e. The number of nitrogens with two attached hydrogens (primary N) is 1. The van der Waals surface area contributed by atoms with Crippen molar-refractivity contribution in [1.82, 2.24) is 4.90 Å². The fraction of sp³-hybridized carbons (Fsp3) is 0.483. The second-order valence-corrected chi connectivity index (χ2v) is 10.1. The van der Waals surface area contributed by atoms with Crippen LogP contribution in [0, 0.1) is 0 Å². The summed E-state index contributed by atoms with van der Waals surface area (Å²) in [4.78, 5) is 33.9. The number of para-hydroxylation sites is 2. The molecule has 0 aliphatic carbocycles. The number of nitrogens with zero attached hydrogens (tertiary/aromatic N) is 3. The van der Waals surface area contributed by atoms with Crippen LogP contribution in [0.4, 0.5) is 5.69 Å². The zero-order valence-corrected chi connectivity index (χ0v) is 22.1. The number of fused-ring (bicyclic) bond motifs is 1. The van der Waals surface area contributed by atoms with Gasteiger partial charge in [-0.25, -0.2) is 4.79 Å². The minimum absolute atomic E-state index is 0.0508. The molecule has 2 aromatic rings. The fourth-order valence-electron chi connectivity index (χ4n) is 5.34. The van der Waals surface area contributed by atoms with Gasteiger partial charge < -0.3 is 20.2 Å². The van der Waals surface area contributed by atoms with Gasteiger partial charge >= 0.3 is 5.97 Å². The number of oxime groups is 1. The van der Waals surface area contributed by atoms with E-state index in [2.05, 4.69) is 28.7 Å². The van der Waals surface area contributed by atoms with E-state index < -0.39 is 12.1 Å². The summed E-state index contributed by atoms with van der Waals surface area (Å²) in [6.45, 7) is 7.68. The van der Waals surface area contributed by atoms with E-state index in [0.717, 1.165) is 31.5 Å². The molecule has 0 bridgehead atoms. The van der Waals surface area contributed by atoms with E-state index in [1.807, 2.05) is 35.2 Å². The highest BCUT2D eigenvalue weighted by Crippen LogP contribution is 2.39. The number of rotatable bonds is 9. The Balaban J connectivity index is 1.43. The molecule has 4 rings (SSSR count). The number of hydrogen-bond donors (Lipinski definition) is 1. The van der Waals surface area contributed by atoms with Crippen LogP contribution >= 0.6 is 0 Å². The van der Waals surface area contributed by atoms with Crippen molar-refractivity contribution in [3.8, 4) is 5.75 Å². The number of amidine groups is 1. The van der Waals surface area contributed by atoms with Gasteiger partial charge in [0.15, 0.2) is 5.84 Å². The molecule has 3 atom stereocenters. The van der Waals surface area contributed by atoms with Crippen LogP contribution in [0.3, 0.4) is 0 Å². The SMILES string of the molecule is CC(=O)ON=C(N)c1cccc(C2Oc3ccccc3N(CCCCCN3[C@H](C)CCC[C@@H]3C)C2=O)c1. The highest BCUT2D eigenvalue weighted by Gasteiger charge is 2.35. The molecular formula is C29H38N4O4. The van der Waals surface area contributed by atoms with Gasteiger partial charge in [-0.15, -0.1) is 0 Å². The minimum atomic E-state index is -0.800. The van der Waals surface area contributed by atoms with Gasteiger partial charge in [0.2, 0.25) is 6.10 Å². The van der Waals surface area contributed by atoms with Crippen molar-refractivity contribution in [2.75, 3.05) is 18.0 Å². The summed E-state index contributed by atoms with van der Waals surface area (Å²) >= 11 is 0. The van der Waals surface area contributed by atoms with Gasteiger partial charge in [-0.1, -0.05) is 48.3 Å². The Bertz CT molecular complexity index is 1120. The van der Waals surface area contributed by atoms with Gasteiger partial charge in [0, 0.05) is 36.7 Å². The maximum absolute atomic E-state index is 13.6. The van der Waals surface area contributed by atoms with Crippen LogP contribution in [0.2, 0.25) is 0 Å². The molecule has 2 N–H and O–H groups in total. The molecule has 1 unspecified atom stereocenters. The Morgan fingerprint density at radius 3 is 2.54 bits per heavy atom. The van der Waals surface area contributed by atoms with Crippen molar-refractivity contribution >= 4 is 23.4 Å². The first-order chi connectivity index (χ1) is 17.8. The molecule has 0 aromatic heterocycles. The summed E-state index contributed by atoms with van der Waals surface area (Å²) in [5, 5.41) is 3.66. The average Bonchev–Trinajstić information content (AvgIpc) is 2.89. The molecule has 1 saturated heterocycles. The summed E-state index contributed by atoms with van der Waals surface area (Å²) in [6, 6.07) is 16.1. The summed E-state index contributed by atoms with van der Waals surface area (Å²) in [5.41, 5.74) is 7.98. The lowest BCUT2D eigenvalue weighted by Crippen LogP contribution is -2.44. The zero-order valence-electron chi connectivity index (χ0n) is 22.1. The lowest BCUT2D eigenvalue weighted by Gasteiger charge is -2.39. The molecule has 198 valence electrons. The van der Waals surface area contributed by atoms with Crippen molar-refractivity contribution in [1.29, 1.82) is 0 Å². The van der Waals surface area contributed by atoms with E-state index in [-0.39, 0.29) is 11.7 Å². The number of carbonyl (C=O) groups is 2. The molecule has 2 aromatic carbocycles. The molecule has 37 heavy (non-hydrogen) atoms. The lowest BCUT2D eigenvalue weighted by molar-refractivity contribution is -0.140. The van der Waals surface area contributed by atoms with Crippen molar-refractivity contribution in [2.45, 2.75) is 77.5 Å². The third kappa shape index (κ3) is 6.49. The summed E-state index contributed by atoms with van der Waals surface area (Å²) < 4.78 is 6.16. The number of likely N-dealkylation sites (tertiary alicyclic amines) is 1. The Labute approximate surface area is 219 Å². The van der Waals surface area contributed by atoms with Crippen LogP contribution in [0.15, 0.2) is 53.7 Å². The molecule has 0 radical (unpaired) electrons. The normalized spacial score (nSPS) is 22.4. The average molecular weight is 507 g/mol. The first-order valence-corrected chi connectivity index (χ1v) is 13.3. The standard InChI is InChI=1S/C29H38N4O4/c1-20-11-9-12-21(2)32(20)17-7-4-8-18-33-25-15-5-6-16-26(25)36-27(29(33)35)23-13-10-14-24(19-23)28(30)31-37-22(3)34/h5-6,10,13-16,19-21,27H,4,7-9,11-12,17-18H2,1-3H3,(H2,30,31)/t20-,21+,27?. The monoisotopic (exact) mass is 506 g/mol. The van der Waals surface area contributed by atoms with Crippen LogP contribution in [0.1, 0.15) is 76.5 Å². The summed E-state index contributed by atoms with van der Waals surface area (Å²) in [5.74, 6) is 0.0617. The molecule has 0 saturated carbocycles. The van der Waals surface area contributed by atoms with E-state index in [0.29, 0.717) is 35.5 Å². The minimum Gasteiger partial charge on any atom is -0.474 e.